The molecule has 2 rings (SSSR count). The van der Waals surface area contributed by atoms with E-state index in [1.807, 2.05) is 6.92 Å². The average molecular weight is 304 g/mol. The Morgan fingerprint density at radius 2 is 2.23 bits per heavy atom. The highest BCUT2D eigenvalue weighted by molar-refractivity contribution is 5.71. The summed E-state index contributed by atoms with van der Waals surface area (Å²) >= 11 is 0. The second-order valence-electron chi connectivity index (χ2n) is 6.01. The lowest BCUT2D eigenvalue weighted by Crippen LogP contribution is -2.29. The van der Waals surface area contributed by atoms with Gasteiger partial charge in [0.15, 0.2) is 0 Å². The van der Waals surface area contributed by atoms with Gasteiger partial charge in [-0.15, -0.1) is 0 Å². The van der Waals surface area contributed by atoms with E-state index in [9.17, 15) is 4.79 Å². The Morgan fingerprint density at radius 1 is 1.41 bits per heavy atom. The summed E-state index contributed by atoms with van der Waals surface area (Å²) < 4.78 is 4.90. The summed E-state index contributed by atoms with van der Waals surface area (Å²) in [5.41, 5.74) is 2.59. The topological polar surface area (TPSA) is 41.6 Å². The van der Waals surface area contributed by atoms with E-state index in [1.165, 1.54) is 30.5 Å². The molecule has 0 spiro atoms. The number of nitrogens with zero attached hydrogens (tertiary/aromatic N) is 1. The Bertz CT molecular complexity index is 476. The Morgan fingerprint density at radius 3 is 2.95 bits per heavy atom. The van der Waals surface area contributed by atoms with Gasteiger partial charge in [0, 0.05) is 19.1 Å². The van der Waals surface area contributed by atoms with Gasteiger partial charge >= 0.3 is 5.97 Å². The van der Waals surface area contributed by atoms with E-state index in [0.29, 0.717) is 13.2 Å². The quantitative estimate of drug-likeness (QED) is 0.749. The van der Waals surface area contributed by atoms with E-state index in [4.69, 9.17) is 4.74 Å². The Balaban J connectivity index is 1.75. The van der Waals surface area contributed by atoms with Crippen molar-refractivity contribution in [1.82, 2.24) is 10.2 Å². The number of carbonyl (C=O) groups excluding carboxylic acids is 1. The molecule has 1 unspecified atom stereocenters. The molecule has 122 valence electrons. The van der Waals surface area contributed by atoms with Crippen molar-refractivity contribution in [2.24, 2.45) is 0 Å². The zero-order chi connectivity index (χ0) is 15.8. The summed E-state index contributed by atoms with van der Waals surface area (Å²) in [5, 5.41) is 3.13. The van der Waals surface area contributed by atoms with E-state index < -0.39 is 0 Å². The molecule has 0 saturated carbocycles. The zero-order valence-electron chi connectivity index (χ0n) is 13.8. The summed E-state index contributed by atoms with van der Waals surface area (Å²) in [5.74, 6) is -0.193. The van der Waals surface area contributed by atoms with Crippen LogP contribution in [0.3, 0.4) is 0 Å². The van der Waals surface area contributed by atoms with Crippen molar-refractivity contribution >= 4 is 5.97 Å². The van der Waals surface area contributed by atoms with Gasteiger partial charge in [0.05, 0.1) is 13.2 Å². The molecule has 1 N–H and O–H groups in total. The van der Waals surface area contributed by atoms with Gasteiger partial charge in [0.25, 0.3) is 0 Å². The SMILES string of the molecule is CCOC(=O)CNCc1cccc(CCN2CCCC2C)c1. The van der Waals surface area contributed by atoms with Crippen LogP contribution in [0.1, 0.15) is 37.8 Å². The molecule has 1 aromatic rings. The first-order chi connectivity index (χ1) is 10.7. The molecule has 0 amide bonds. The lowest BCUT2D eigenvalue weighted by molar-refractivity contribution is -0.142. The van der Waals surface area contributed by atoms with Crippen molar-refractivity contribution in [1.29, 1.82) is 0 Å². The van der Waals surface area contributed by atoms with Gasteiger partial charge in [-0.25, -0.2) is 0 Å². The number of likely N-dealkylation sites (tertiary alicyclic amines) is 1. The Labute approximate surface area is 133 Å². The first kappa shape index (κ1) is 17.0. The summed E-state index contributed by atoms with van der Waals surface area (Å²) in [6, 6.07) is 9.35. The van der Waals surface area contributed by atoms with E-state index in [-0.39, 0.29) is 12.5 Å². The molecule has 1 aliphatic rings. The lowest BCUT2D eigenvalue weighted by atomic mass is 10.1. The summed E-state index contributed by atoms with van der Waals surface area (Å²) in [6.45, 7) is 7.93. The molecule has 0 radical (unpaired) electrons. The normalized spacial score (nSPS) is 18.5. The Hall–Kier alpha value is -1.39. The van der Waals surface area contributed by atoms with Gasteiger partial charge in [0.1, 0.15) is 0 Å². The van der Waals surface area contributed by atoms with E-state index >= 15 is 0 Å². The predicted molar refractivity (Wildman–Crippen MR) is 88.8 cm³/mol. The number of hydrogen-bond acceptors (Lipinski definition) is 4. The number of hydrogen-bond donors (Lipinski definition) is 1. The summed E-state index contributed by atoms with van der Waals surface area (Å²) in [6.07, 6.45) is 3.76. The maximum atomic E-state index is 11.3. The highest BCUT2D eigenvalue weighted by Crippen LogP contribution is 2.17. The van der Waals surface area contributed by atoms with Gasteiger partial charge in [0.2, 0.25) is 0 Å². The fourth-order valence-corrected chi connectivity index (χ4v) is 3.01. The van der Waals surface area contributed by atoms with Crippen LogP contribution in [0.15, 0.2) is 24.3 Å². The molecule has 1 fully saturated rings. The fraction of sp³-hybridized carbons (Fsp3) is 0.611. The minimum absolute atomic E-state index is 0.193. The highest BCUT2D eigenvalue weighted by atomic mass is 16.5. The van der Waals surface area contributed by atoms with Crippen LogP contribution in [0.25, 0.3) is 0 Å². The smallest absolute Gasteiger partial charge is 0.319 e. The van der Waals surface area contributed by atoms with Gasteiger partial charge in [-0.1, -0.05) is 24.3 Å². The molecule has 0 aliphatic carbocycles. The molecule has 1 atom stereocenters. The number of carbonyl (C=O) groups is 1. The van der Waals surface area contributed by atoms with Crippen molar-refractivity contribution < 1.29 is 9.53 Å². The van der Waals surface area contributed by atoms with Crippen LogP contribution >= 0.6 is 0 Å². The Kier molecular flexibility index (Phi) is 6.87. The van der Waals surface area contributed by atoms with Crippen LogP contribution in [0, 0.1) is 0 Å². The zero-order valence-corrected chi connectivity index (χ0v) is 13.8. The van der Waals surface area contributed by atoms with Gasteiger partial charge < -0.3 is 15.0 Å². The number of rotatable bonds is 8. The lowest BCUT2D eigenvalue weighted by Gasteiger charge is -2.20. The third kappa shape index (κ3) is 5.43. The number of benzene rings is 1. The maximum Gasteiger partial charge on any atom is 0.319 e. The first-order valence-corrected chi connectivity index (χ1v) is 8.37. The van der Waals surface area contributed by atoms with Crippen LogP contribution in [0.5, 0.6) is 0 Å². The highest BCUT2D eigenvalue weighted by Gasteiger charge is 2.19. The number of nitrogens with one attached hydrogen (secondary N) is 1. The second kappa shape index (κ2) is 8.91. The molecule has 4 heteroatoms. The monoisotopic (exact) mass is 304 g/mol. The summed E-state index contributed by atoms with van der Waals surface area (Å²) in [4.78, 5) is 13.9. The van der Waals surface area contributed by atoms with Gasteiger partial charge in [-0.3, -0.25) is 4.79 Å². The molecule has 1 aliphatic heterocycles. The predicted octanol–water partition coefficient (Wildman–Crippen LogP) is 2.37. The molecule has 1 aromatic carbocycles. The second-order valence-corrected chi connectivity index (χ2v) is 6.01. The molecule has 0 aromatic heterocycles. The van der Waals surface area contributed by atoms with Crippen molar-refractivity contribution in [2.75, 3.05) is 26.2 Å². The molecule has 1 saturated heterocycles. The van der Waals surface area contributed by atoms with Crippen LogP contribution in [-0.2, 0) is 22.5 Å². The molecule has 4 nitrogen and oxygen atoms in total. The average Bonchev–Trinajstić information content (AvgIpc) is 2.91. The van der Waals surface area contributed by atoms with Crippen LogP contribution in [-0.4, -0.2) is 43.2 Å². The van der Waals surface area contributed by atoms with Crippen molar-refractivity contribution in [3.8, 4) is 0 Å². The van der Waals surface area contributed by atoms with Gasteiger partial charge in [-0.2, -0.15) is 0 Å². The van der Waals surface area contributed by atoms with Crippen LogP contribution in [0.2, 0.25) is 0 Å². The largest absolute Gasteiger partial charge is 0.465 e. The van der Waals surface area contributed by atoms with Gasteiger partial charge in [-0.05, 0) is 50.8 Å². The molecular formula is C18H28N2O2. The van der Waals surface area contributed by atoms with Crippen LogP contribution in [0.4, 0.5) is 0 Å². The fourth-order valence-electron chi connectivity index (χ4n) is 3.01. The van der Waals surface area contributed by atoms with Crippen molar-refractivity contribution in [3.63, 3.8) is 0 Å². The molecule has 1 heterocycles. The van der Waals surface area contributed by atoms with Crippen molar-refractivity contribution in [2.45, 2.75) is 45.7 Å². The number of ether oxygens (including phenoxy) is 1. The maximum absolute atomic E-state index is 11.3. The van der Waals surface area contributed by atoms with Crippen LogP contribution < -0.4 is 5.32 Å². The standard InChI is InChI=1S/C18H28N2O2/c1-3-22-18(21)14-19-13-17-8-4-7-16(12-17)9-11-20-10-5-6-15(20)2/h4,7-8,12,15,19H,3,5-6,9-11,13-14H2,1-2H3. The minimum Gasteiger partial charge on any atom is -0.465 e. The third-order valence-electron chi connectivity index (χ3n) is 4.27. The van der Waals surface area contributed by atoms with Crippen molar-refractivity contribution in [3.05, 3.63) is 35.4 Å². The molecule has 0 bridgehead atoms. The summed E-state index contributed by atoms with van der Waals surface area (Å²) in [7, 11) is 0. The van der Waals surface area contributed by atoms with E-state index in [0.717, 1.165) is 19.0 Å². The van der Waals surface area contributed by atoms with E-state index in [1.54, 1.807) is 0 Å². The van der Waals surface area contributed by atoms with E-state index in [2.05, 4.69) is 41.4 Å². The first-order valence-electron chi connectivity index (χ1n) is 8.37. The molecule has 22 heavy (non-hydrogen) atoms. The molecular weight excluding hydrogens is 276 g/mol. The third-order valence-corrected chi connectivity index (χ3v) is 4.27. The number of esters is 1. The minimum atomic E-state index is -0.193.